The molecule has 8 heteroatoms. The molecule has 7 nitrogen and oxygen atoms in total. The highest BCUT2D eigenvalue weighted by molar-refractivity contribution is 7.89. The van der Waals surface area contributed by atoms with Gasteiger partial charge in [-0.3, -0.25) is 4.79 Å². The lowest BCUT2D eigenvalue weighted by atomic mass is 10.4. The molecular formula is C9H14N2O5S. The van der Waals surface area contributed by atoms with Crippen LogP contribution in [0.3, 0.4) is 0 Å². The van der Waals surface area contributed by atoms with Gasteiger partial charge in [0.25, 0.3) is 0 Å². The van der Waals surface area contributed by atoms with E-state index in [4.69, 9.17) is 4.52 Å². The van der Waals surface area contributed by atoms with Gasteiger partial charge in [0, 0.05) is 7.05 Å². The Hall–Kier alpha value is -1.41. The Bertz CT molecular complexity index is 500. The molecule has 17 heavy (non-hydrogen) atoms. The predicted octanol–water partition coefficient (Wildman–Crippen LogP) is 0.0849. The van der Waals surface area contributed by atoms with E-state index in [0.29, 0.717) is 0 Å². The number of rotatable bonds is 4. The molecule has 0 N–H and O–H groups in total. The number of methoxy groups -OCH3 is 1. The second kappa shape index (κ2) is 4.84. The first-order valence-corrected chi connectivity index (χ1v) is 6.20. The molecule has 0 amide bonds. The Morgan fingerprint density at radius 2 is 2.06 bits per heavy atom. The molecule has 0 saturated carbocycles. The molecule has 0 fully saturated rings. The van der Waals surface area contributed by atoms with Crippen molar-refractivity contribution in [1.82, 2.24) is 9.46 Å². The predicted molar refractivity (Wildman–Crippen MR) is 57.8 cm³/mol. The quantitative estimate of drug-likeness (QED) is 0.714. The van der Waals surface area contributed by atoms with Crippen LogP contribution in [-0.2, 0) is 19.6 Å². The largest absolute Gasteiger partial charge is 0.468 e. The number of ether oxygens (including phenoxy) is 1. The van der Waals surface area contributed by atoms with Gasteiger partial charge in [-0.05, 0) is 13.8 Å². The minimum atomic E-state index is -3.79. The Balaban J connectivity index is 3.08. The molecule has 0 radical (unpaired) electrons. The molecule has 1 rings (SSSR count). The van der Waals surface area contributed by atoms with Crippen LogP contribution >= 0.6 is 0 Å². The maximum Gasteiger partial charge on any atom is 0.321 e. The number of nitrogens with zero attached hydrogens (tertiary/aromatic N) is 2. The molecule has 1 heterocycles. The van der Waals surface area contributed by atoms with Gasteiger partial charge in [-0.1, -0.05) is 5.16 Å². The number of aromatic nitrogens is 1. The third-order valence-corrected chi connectivity index (χ3v) is 4.26. The minimum Gasteiger partial charge on any atom is -0.468 e. The SMILES string of the molecule is COC(=O)CN(C)S(=O)(=O)c1c(C)noc1C. The van der Waals surface area contributed by atoms with Crippen molar-refractivity contribution in [3.05, 3.63) is 11.5 Å². The van der Waals surface area contributed by atoms with Gasteiger partial charge in [-0.25, -0.2) is 8.42 Å². The van der Waals surface area contributed by atoms with E-state index in [-0.39, 0.29) is 22.9 Å². The van der Waals surface area contributed by atoms with Crippen LogP contribution in [0.1, 0.15) is 11.5 Å². The molecule has 1 aromatic rings. The van der Waals surface area contributed by atoms with Crippen LogP contribution in [0.4, 0.5) is 0 Å². The summed E-state index contributed by atoms with van der Waals surface area (Å²) < 4.78 is 34.3. The Morgan fingerprint density at radius 3 is 2.47 bits per heavy atom. The topological polar surface area (TPSA) is 89.7 Å². The molecule has 0 aliphatic carbocycles. The second-order valence-corrected chi connectivity index (χ2v) is 5.47. The van der Waals surface area contributed by atoms with Crippen molar-refractivity contribution >= 4 is 16.0 Å². The summed E-state index contributed by atoms with van der Waals surface area (Å²) in [4.78, 5) is 11.0. The van der Waals surface area contributed by atoms with Gasteiger partial charge in [0.2, 0.25) is 10.0 Å². The average molecular weight is 262 g/mol. The van der Waals surface area contributed by atoms with Crippen LogP contribution in [0.15, 0.2) is 9.42 Å². The molecular weight excluding hydrogens is 248 g/mol. The fraction of sp³-hybridized carbons (Fsp3) is 0.556. The van der Waals surface area contributed by atoms with Gasteiger partial charge < -0.3 is 9.26 Å². The molecule has 0 spiro atoms. The van der Waals surface area contributed by atoms with E-state index in [1.54, 1.807) is 0 Å². The fourth-order valence-corrected chi connectivity index (χ4v) is 2.73. The molecule has 0 aliphatic rings. The number of carbonyl (C=O) groups excluding carboxylic acids is 1. The highest BCUT2D eigenvalue weighted by Gasteiger charge is 2.29. The van der Waals surface area contributed by atoms with Crippen molar-refractivity contribution in [2.24, 2.45) is 0 Å². The summed E-state index contributed by atoms with van der Waals surface area (Å²) in [6.07, 6.45) is 0. The summed E-state index contributed by atoms with van der Waals surface area (Å²) in [6.45, 7) is 2.66. The van der Waals surface area contributed by atoms with E-state index in [0.717, 1.165) is 4.31 Å². The van der Waals surface area contributed by atoms with Crippen LogP contribution in [-0.4, -0.2) is 44.6 Å². The number of aryl methyl sites for hydroxylation is 2. The molecule has 96 valence electrons. The van der Waals surface area contributed by atoms with Crippen molar-refractivity contribution in [2.75, 3.05) is 20.7 Å². The van der Waals surface area contributed by atoms with E-state index in [1.165, 1.54) is 28.0 Å². The van der Waals surface area contributed by atoms with E-state index >= 15 is 0 Å². The van der Waals surface area contributed by atoms with Gasteiger partial charge in [-0.2, -0.15) is 4.31 Å². The summed E-state index contributed by atoms with van der Waals surface area (Å²) >= 11 is 0. The summed E-state index contributed by atoms with van der Waals surface area (Å²) in [7, 11) is -1.30. The molecule has 0 atom stereocenters. The number of sulfonamides is 1. The highest BCUT2D eigenvalue weighted by Crippen LogP contribution is 2.22. The summed E-state index contributed by atoms with van der Waals surface area (Å²) in [5.74, 6) is -0.443. The molecule has 1 aromatic heterocycles. The maximum absolute atomic E-state index is 12.1. The number of esters is 1. The van der Waals surface area contributed by atoms with Gasteiger partial charge in [-0.15, -0.1) is 0 Å². The number of likely N-dealkylation sites (N-methyl/N-ethyl adjacent to an activating group) is 1. The van der Waals surface area contributed by atoms with Crippen LogP contribution < -0.4 is 0 Å². The van der Waals surface area contributed by atoms with Gasteiger partial charge >= 0.3 is 5.97 Å². The van der Waals surface area contributed by atoms with E-state index in [1.807, 2.05) is 0 Å². The van der Waals surface area contributed by atoms with E-state index in [9.17, 15) is 13.2 Å². The Morgan fingerprint density at radius 1 is 1.47 bits per heavy atom. The van der Waals surface area contributed by atoms with Gasteiger partial charge in [0.05, 0.1) is 7.11 Å². The molecule has 0 unspecified atom stereocenters. The van der Waals surface area contributed by atoms with Crippen molar-refractivity contribution in [3.63, 3.8) is 0 Å². The fourth-order valence-electron chi connectivity index (χ4n) is 1.33. The number of hydrogen-bond donors (Lipinski definition) is 0. The smallest absolute Gasteiger partial charge is 0.321 e. The standard InChI is InChI=1S/C9H14N2O5S/c1-6-9(7(2)16-10-6)17(13,14)11(3)5-8(12)15-4/h5H2,1-4H3. The third kappa shape index (κ3) is 2.64. The molecule has 0 bridgehead atoms. The Kier molecular flexibility index (Phi) is 3.89. The monoisotopic (exact) mass is 262 g/mol. The lowest BCUT2D eigenvalue weighted by molar-refractivity contribution is -0.140. The van der Waals surface area contributed by atoms with Gasteiger partial charge in [0.15, 0.2) is 5.76 Å². The zero-order chi connectivity index (χ0) is 13.2. The van der Waals surface area contributed by atoms with Crippen LogP contribution in [0.5, 0.6) is 0 Å². The normalized spacial score (nSPS) is 11.8. The number of carbonyl (C=O) groups is 1. The van der Waals surface area contributed by atoms with E-state index < -0.39 is 16.0 Å². The van der Waals surface area contributed by atoms with Crippen molar-refractivity contribution in [3.8, 4) is 0 Å². The highest BCUT2D eigenvalue weighted by atomic mass is 32.2. The van der Waals surface area contributed by atoms with Crippen LogP contribution in [0.25, 0.3) is 0 Å². The average Bonchev–Trinajstić information content (AvgIpc) is 2.58. The summed E-state index contributed by atoms with van der Waals surface area (Å²) in [5, 5.41) is 3.57. The van der Waals surface area contributed by atoms with Crippen LogP contribution in [0.2, 0.25) is 0 Å². The van der Waals surface area contributed by atoms with Gasteiger partial charge in [0.1, 0.15) is 17.1 Å². The van der Waals surface area contributed by atoms with Crippen molar-refractivity contribution in [2.45, 2.75) is 18.7 Å². The zero-order valence-electron chi connectivity index (χ0n) is 10.1. The Labute approximate surface area is 99.4 Å². The van der Waals surface area contributed by atoms with E-state index in [2.05, 4.69) is 9.89 Å². The molecule has 0 saturated heterocycles. The third-order valence-electron chi connectivity index (χ3n) is 2.22. The maximum atomic E-state index is 12.1. The van der Waals surface area contributed by atoms with Crippen LogP contribution in [0, 0.1) is 13.8 Å². The van der Waals surface area contributed by atoms with Crippen molar-refractivity contribution < 1.29 is 22.5 Å². The van der Waals surface area contributed by atoms with Crippen molar-refractivity contribution in [1.29, 1.82) is 0 Å². The summed E-state index contributed by atoms with van der Waals surface area (Å²) in [5.41, 5.74) is 0.263. The molecule has 0 aliphatic heterocycles. The lowest BCUT2D eigenvalue weighted by Crippen LogP contribution is -2.33. The minimum absolute atomic E-state index is 0.0103. The number of hydrogen-bond acceptors (Lipinski definition) is 6. The second-order valence-electron chi connectivity index (χ2n) is 3.49. The lowest BCUT2D eigenvalue weighted by Gasteiger charge is -2.15. The first-order valence-electron chi connectivity index (χ1n) is 4.76. The first kappa shape index (κ1) is 13.7. The molecule has 0 aromatic carbocycles. The first-order chi connectivity index (χ1) is 7.80. The zero-order valence-corrected chi connectivity index (χ0v) is 10.9. The summed E-state index contributed by atoms with van der Waals surface area (Å²) in [6, 6.07) is 0.